The van der Waals surface area contributed by atoms with Gasteiger partial charge in [0.1, 0.15) is 5.82 Å². The average molecular weight is 504 g/mol. The Labute approximate surface area is 218 Å². The normalized spacial score (nSPS) is 20.2. The number of rotatable bonds is 6. The van der Waals surface area contributed by atoms with Crippen molar-refractivity contribution in [1.82, 2.24) is 19.3 Å². The van der Waals surface area contributed by atoms with Crippen LogP contribution in [0.25, 0.3) is 16.6 Å². The number of fused-ring (bicyclic) bond motifs is 1. The van der Waals surface area contributed by atoms with E-state index in [4.69, 9.17) is 9.47 Å². The number of amides is 1. The molecule has 3 aliphatic rings. The molecule has 0 bridgehead atoms. The van der Waals surface area contributed by atoms with Crippen molar-refractivity contribution in [2.24, 2.45) is 0 Å². The molecule has 196 valence electrons. The fourth-order valence-corrected chi connectivity index (χ4v) is 5.79. The first-order chi connectivity index (χ1) is 18.2. The minimum atomic E-state index is -0.0635. The zero-order valence-corrected chi connectivity index (χ0v) is 21.7. The van der Waals surface area contributed by atoms with Crippen LogP contribution >= 0.6 is 0 Å². The van der Waals surface area contributed by atoms with E-state index >= 15 is 0 Å². The van der Waals surface area contributed by atoms with Crippen molar-refractivity contribution in [1.29, 1.82) is 0 Å². The first kappa shape index (κ1) is 24.4. The zero-order chi connectivity index (χ0) is 25.2. The standard InChI is InChI=1S/C29H37N5O3/c1-30-13-17-33(18-14-30)29(35)27-24-9-5-6-10-25(24)34(23-7-3-2-4-8-23)28(27)32-19-15-31(16-20-32)12-11-26-36-21-22-37-26/h2-10,26H,11-22H2,1H3. The second-order valence-corrected chi connectivity index (χ2v) is 10.3. The van der Waals surface area contributed by atoms with Crippen LogP contribution in [0.15, 0.2) is 54.6 Å². The lowest BCUT2D eigenvalue weighted by Crippen LogP contribution is -2.49. The molecule has 8 heteroatoms. The molecule has 0 spiro atoms. The molecular weight excluding hydrogens is 466 g/mol. The third kappa shape index (κ3) is 4.99. The molecule has 0 saturated carbocycles. The molecule has 3 aliphatic heterocycles. The van der Waals surface area contributed by atoms with Gasteiger partial charge >= 0.3 is 0 Å². The van der Waals surface area contributed by atoms with Gasteiger partial charge in [-0.3, -0.25) is 14.3 Å². The van der Waals surface area contributed by atoms with Crippen molar-refractivity contribution in [3.63, 3.8) is 0 Å². The summed E-state index contributed by atoms with van der Waals surface area (Å²) >= 11 is 0. The van der Waals surface area contributed by atoms with Crippen LogP contribution in [0.1, 0.15) is 16.8 Å². The number of ether oxygens (including phenoxy) is 2. The van der Waals surface area contributed by atoms with Crippen LogP contribution in [0.2, 0.25) is 0 Å². The summed E-state index contributed by atoms with van der Waals surface area (Å²) in [5.41, 5.74) is 3.01. The third-order valence-electron chi connectivity index (χ3n) is 7.91. The molecule has 1 aromatic heterocycles. The molecule has 0 atom stereocenters. The Morgan fingerprint density at radius 2 is 1.51 bits per heavy atom. The van der Waals surface area contributed by atoms with Crippen molar-refractivity contribution in [3.8, 4) is 5.69 Å². The van der Waals surface area contributed by atoms with Gasteiger partial charge in [-0.1, -0.05) is 36.4 Å². The Bertz CT molecular complexity index is 1210. The quantitative estimate of drug-likeness (QED) is 0.516. The Hall–Kier alpha value is -2.91. The molecule has 3 aromatic rings. The summed E-state index contributed by atoms with van der Waals surface area (Å²) in [6.45, 7) is 9.36. The lowest BCUT2D eigenvalue weighted by molar-refractivity contribution is -0.0517. The van der Waals surface area contributed by atoms with Gasteiger partial charge in [0.15, 0.2) is 6.29 Å². The Morgan fingerprint density at radius 3 is 2.24 bits per heavy atom. The molecule has 3 fully saturated rings. The smallest absolute Gasteiger partial charge is 0.258 e. The fourth-order valence-electron chi connectivity index (χ4n) is 5.79. The minimum Gasteiger partial charge on any atom is -0.354 e. The Morgan fingerprint density at radius 1 is 0.838 bits per heavy atom. The van der Waals surface area contributed by atoms with Crippen molar-refractivity contribution in [2.75, 3.05) is 84.1 Å². The summed E-state index contributed by atoms with van der Waals surface area (Å²) in [5.74, 6) is 1.17. The Kier molecular flexibility index (Phi) is 7.15. The van der Waals surface area contributed by atoms with Gasteiger partial charge in [-0.05, 0) is 25.2 Å². The topological polar surface area (TPSA) is 53.4 Å². The maximum atomic E-state index is 14.2. The number of hydrogen-bond acceptors (Lipinski definition) is 6. The fraction of sp³-hybridized carbons (Fsp3) is 0.483. The van der Waals surface area contributed by atoms with Crippen molar-refractivity contribution >= 4 is 22.6 Å². The second kappa shape index (κ2) is 10.8. The number of likely N-dealkylation sites (N-methyl/N-ethyl adjacent to an activating group) is 1. The van der Waals surface area contributed by atoms with Crippen LogP contribution in [0, 0.1) is 0 Å². The van der Waals surface area contributed by atoms with Crippen molar-refractivity contribution < 1.29 is 14.3 Å². The average Bonchev–Trinajstić information content (AvgIpc) is 3.59. The Balaban J connectivity index is 1.34. The minimum absolute atomic E-state index is 0.0635. The van der Waals surface area contributed by atoms with Crippen LogP contribution < -0.4 is 4.90 Å². The largest absolute Gasteiger partial charge is 0.354 e. The lowest BCUT2D eigenvalue weighted by atomic mass is 10.1. The second-order valence-electron chi connectivity index (χ2n) is 10.3. The van der Waals surface area contributed by atoms with Gasteiger partial charge in [-0.2, -0.15) is 0 Å². The van der Waals surface area contributed by atoms with Gasteiger partial charge in [0.25, 0.3) is 5.91 Å². The van der Waals surface area contributed by atoms with Gasteiger partial charge in [0.2, 0.25) is 0 Å². The molecule has 0 N–H and O–H groups in total. The molecular formula is C29H37N5O3. The third-order valence-corrected chi connectivity index (χ3v) is 7.91. The number of para-hydroxylation sites is 2. The summed E-state index contributed by atoms with van der Waals surface area (Å²) in [4.78, 5) is 23.4. The van der Waals surface area contributed by atoms with E-state index in [1.165, 1.54) is 0 Å². The van der Waals surface area contributed by atoms with Crippen LogP contribution in [-0.4, -0.2) is 111 Å². The van der Waals surface area contributed by atoms with Crippen LogP contribution in [0.5, 0.6) is 0 Å². The maximum absolute atomic E-state index is 14.2. The molecule has 3 saturated heterocycles. The summed E-state index contributed by atoms with van der Waals surface area (Å²) in [5, 5.41) is 1.03. The number of carbonyl (C=O) groups is 1. The van der Waals surface area contributed by atoms with Crippen molar-refractivity contribution in [3.05, 3.63) is 60.2 Å². The van der Waals surface area contributed by atoms with Crippen molar-refractivity contribution in [2.45, 2.75) is 12.7 Å². The number of aromatic nitrogens is 1. The number of carbonyl (C=O) groups excluding carboxylic acids is 1. The lowest BCUT2D eigenvalue weighted by Gasteiger charge is -2.38. The van der Waals surface area contributed by atoms with Crippen LogP contribution in [0.4, 0.5) is 5.82 Å². The van der Waals surface area contributed by atoms with Gasteiger partial charge in [-0.25, -0.2) is 0 Å². The van der Waals surface area contributed by atoms with Gasteiger partial charge in [0.05, 0.1) is 24.3 Å². The predicted octanol–water partition coefficient (Wildman–Crippen LogP) is 2.90. The number of nitrogens with zero attached hydrogens (tertiary/aromatic N) is 5. The molecule has 2 aromatic carbocycles. The highest BCUT2D eigenvalue weighted by molar-refractivity contribution is 6.13. The van der Waals surface area contributed by atoms with Gasteiger partial charge < -0.3 is 24.2 Å². The predicted molar refractivity (Wildman–Crippen MR) is 146 cm³/mol. The monoisotopic (exact) mass is 503 g/mol. The zero-order valence-electron chi connectivity index (χ0n) is 21.7. The summed E-state index contributed by atoms with van der Waals surface area (Å²) in [7, 11) is 2.12. The molecule has 8 nitrogen and oxygen atoms in total. The summed E-state index contributed by atoms with van der Waals surface area (Å²) in [6.07, 6.45) is 0.837. The van der Waals surface area contributed by atoms with Gasteiger partial charge in [-0.15, -0.1) is 0 Å². The van der Waals surface area contributed by atoms with Gasteiger partial charge in [0, 0.05) is 76.4 Å². The highest BCUT2D eigenvalue weighted by Gasteiger charge is 2.32. The first-order valence-electron chi connectivity index (χ1n) is 13.6. The molecule has 6 rings (SSSR count). The van der Waals surface area contributed by atoms with E-state index in [-0.39, 0.29) is 12.2 Å². The maximum Gasteiger partial charge on any atom is 0.258 e. The highest BCUT2D eigenvalue weighted by Crippen LogP contribution is 2.37. The molecule has 37 heavy (non-hydrogen) atoms. The van der Waals surface area contributed by atoms with E-state index in [1.54, 1.807) is 0 Å². The highest BCUT2D eigenvalue weighted by atomic mass is 16.7. The summed E-state index contributed by atoms with van der Waals surface area (Å²) < 4.78 is 13.6. The van der Waals surface area contributed by atoms with E-state index in [2.05, 4.69) is 68.8 Å². The van der Waals surface area contributed by atoms with E-state index in [1.807, 2.05) is 17.0 Å². The van der Waals surface area contributed by atoms with E-state index in [9.17, 15) is 4.79 Å². The van der Waals surface area contributed by atoms with E-state index in [0.29, 0.717) is 13.2 Å². The summed E-state index contributed by atoms with van der Waals surface area (Å²) in [6, 6.07) is 18.8. The molecule has 0 radical (unpaired) electrons. The van der Waals surface area contributed by atoms with Crippen LogP contribution in [-0.2, 0) is 9.47 Å². The van der Waals surface area contributed by atoms with E-state index < -0.39 is 0 Å². The first-order valence-corrected chi connectivity index (χ1v) is 13.6. The molecule has 4 heterocycles. The molecule has 1 amide bonds. The SMILES string of the molecule is CN1CCN(C(=O)c2c(N3CCN(CCC4OCCO4)CC3)n(-c3ccccc3)c3ccccc23)CC1. The van der Waals surface area contributed by atoms with Crippen LogP contribution in [0.3, 0.4) is 0 Å². The van der Waals surface area contributed by atoms with E-state index in [0.717, 1.165) is 93.3 Å². The number of anilines is 1. The molecule has 0 aliphatic carbocycles. The number of hydrogen-bond donors (Lipinski definition) is 0. The number of benzene rings is 2. The number of piperazine rings is 2. The molecule has 0 unspecified atom stereocenters.